The number of nitrogens with one attached hydrogen (secondary N) is 1. The van der Waals surface area contributed by atoms with Gasteiger partial charge in [-0.1, -0.05) is 6.07 Å². The molecule has 0 spiro atoms. The molecule has 2 aromatic carbocycles. The Labute approximate surface area is 150 Å². The zero-order chi connectivity index (χ0) is 19.1. The van der Waals surface area contributed by atoms with E-state index in [1.165, 1.54) is 30.3 Å². The number of nitriles is 1. The van der Waals surface area contributed by atoms with Gasteiger partial charge in [-0.05, 0) is 67.4 Å². The lowest BCUT2D eigenvalue weighted by molar-refractivity contribution is -0.112. The second-order valence-corrected chi connectivity index (χ2v) is 5.43. The van der Waals surface area contributed by atoms with Crippen LogP contribution in [0.2, 0.25) is 0 Å². The smallest absolute Gasteiger partial charge is 0.338 e. The maximum atomic E-state index is 13.3. The highest BCUT2D eigenvalue weighted by Crippen LogP contribution is 2.15. The maximum absolute atomic E-state index is 13.3. The summed E-state index contributed by atoms with van der Waals surface area (Å²) in [5, 5.41) is 11.8. The van der Waals surface area contributed by atoms with E-state index in [-0.39, 0.29) is 18.0 Å². The van der Waals surface area contributed by atoms with E-state index in [4.69, 9.17) is 4.74 Å². The van der Waals surface area contributed by atoms with Gasteiger partial charge in [-0.15, -0.1) is 0 Å². The minimum absolute atomic E-state index is 0.120. The molecular weight excluding hydrogens is 335 g/mol. The average molecular weight is 352 g/mol. The number of amides is 1. The van der Waals surface area contributed by atoms with Crippen molar-refractivity contribution in [1.29, 1.82) is 5.26 Å². The topological polar surface area (TPSA) is 79.2 Å². The van der Waals surface area contributed by atoms with Gasteiger partial charge in [-0.2, -0.15) is 5.26 Å². The normalized spacial score (nSPS) is 10.8. The molecule has 0 aliphatic rings. The van der Waals surface area contributed by atoms with Crippen LogP contribution in [0, 0.1) is 24.1 Å². The molecule has 0 saturated carbocycles. The number of halogens is 1. The van der Waals surface area contributed by atoms with E-state index < -0.39 is 11.9 Å². The third kappa shape index (κ3) is 4.77. The van der Waals surface area contributed by atoms with Crippen molar-refractivity contribution >= 4 is 23.6 Å². The van der Waals surface area contributed by atoms with E-state index in [9.17, 15) is 19.2 Å². The Morgan fingerprint density at radius 2 is 1.92 bits per heavy atom. The number of anilines is 1. The van der Waals surface area contributed by atoms with E-state index >= 15 is 0 Å². The van der Waals surface area contributed by atoms with Crippen molar-refractivity contribution in [3.05, 3.63) is 70.5 Å². The van der Waals surface area contributed by atoms with Gasteiger partial charge in [-0.25, -0.2) is 9.18 Å². The largest absolute Gasteiger partial charge is 0.462 e. The molecule has 6 heteroatoms. The summed E-state index contributed by atoms with van der Waals surface area (Å²) in [6.07, 6.45) is 1.38. The Morgan fingerprint density at radius 3 is 2.50 bits per heavy atom. The minimum atomic E-state index is -0.599. The number of esters is 1. The predicted octanol–water partition coefficient (Wildman–Crippen LogP) is 3.86. The van der Waals surface area contributed by atoms with Crippen LogP contribution < -0.4 is 5.32 Å². The minimum Gasteiger partial charge on any atom is -0.462 e. The lowest BCUT2D eigenvalue weighted by Gasteiger charge is -2.06. The molecule has 0 aliphatic heterocycles. The Bertz CT molecular complexity index is 896. The molecular formula is C20H17FN2O3. The first kappa shape index (κ1) is 18.9. The van der Waals surface area contributed by atoms with E-state index in [1.54, 1.807) is 32.0 Å². The molecule has 2 rings (SSSR count). The van der Waals surface area contributed by atoms with Crippen LogP contribution in [0.25, 0.3) is 6.08 Å². The van der Waals surface area contributed by atoms with Gasteiger partial charge >= 0.3 is 5.97 Å². The summed E-state index contributed by atoms with van der Waals surface area (Å²) in [7, 11) is 0. The van der Waals surface area contributed by atoms with Gasteiger partial charge in [0.25, 0.3) is 5.91 Å². The number of rotatable bonds is 5. The molecule has 26 heavy (non-hydrogen) atoms. The summed E-state index contributed by atoms with van der Waals surface area (Å²) >= 11 is 0. The van der Waals surface area contributed by atoms with Gasteiger partial charge in [0.15, 0.2) is 0 Å². The van der Waals surface area contributed by atoms with Crippen molar-refractivity contribution in [2.75, 3.05) is 11.9 Å². The van der Waals surface area contributed by atoms with Crippen molar-refractivity contribution in [2.24, 2.45) is 0 Å². The molecule has 0 aromatic heterocycles. The third-order valence-electron chi connectivity index (χ3n) is 3.51. The Kier molecular flexibility index (Phi) is 6.23. The summed E-state index contributed by atoms with van der Waals surface area (Å²) in [5.41, 5.74) is 1.65. The van der Waals surface area contributed by atoms with Crippen LogP contribution in [0.5, 0.6) is 0 Å². The number of carbonyl (C=O) groups excluding carboxylic acids is 2. The van der Waals surface area contributed by atoms with Crippen LogP contribution in [-0.4, -0.2) is 18.5 Å². The fraction of sp³-hybridized carbons (Fsp3) is 0.150. The van der Waals surface area contributed by atoms with Crippen molar-refractivity contribution in [3.63, 3.8) is 0 Å². The molecule has 0 saturated heterocycles. The highest BCUT2D eigenvalue weighted by Gasteiger charge is 2.11. The van der Waals surface area contributed by atoms with Gasteiger partial charge in [-0.3, -0.25) is 4.79 Å². The summed E-state index contributed by atoms with van der Waals surface area (Å²) in [4.78, 5) is 23.9. The Morgan fingerprint density at radius 1 is 1.23 bits per heavy atom. The summed E-state index contributed by atoms with van der Waals surface area (Å²) in [6.45, 7) is 3.59. The van der Waals surface area contributed by atoms with Crippen LogP contribution in [-0.2, 0) is 9.53 Å². The number of hydrogen-bond donors (Lipinski definition) is 1. The van der Waals surface area contributed by atoms with E-state index in [0.29, 0.717) is 22.4 Å². The lowest BCUT2D eigenvalue weighted by Crippen LogP contribution is -2.13. The number of nitrogens with zero attached hydrogens (tertiary/aromatic N) is 1. The van der Waals surface area contributed by atoms with Crippen LogP contribution in [0.1, 0.15) is 28.4 Å². The molecule has 0 bridgehead atoms. The second kappa shape index (κ2) is 8.58. The van der Waals surface area contributed by atoms with Crippen molar-refractivity contribution in [3.8, 4) is 6.07 Å². The highest BCUT2D eigenvalue weighted by atomic mass is 19.1. The van der Waals surface area contributed by atoms with Gasteiger partial charge < -0.3 is 10.1 Å². The quantitative estimate of drug-likeness (QED) is 0.503. The summed E-state index contributed by atoms with van der Waals surface area (Å²) < 4.78 is 18.2. The number of ether oxygens (including phenoxy) is 1. The van der Waals surface area contributed by atoms with E-state index in [2.05, 4.69) is 5.32 Å². The Hall–Kier alpha value is -3.46. The zero-order valence-electron chi connectivity index (χ0n) is 14.4. The number of aryl methyl sites for hydroxylation is 1. The molecule has 1 amide bonds. The Balaban J connectivity index is 2.14. The summed E-state index contributed by atoms with van der Waals surface area (Å²) in [5.74, 6) is -1.40. The maximum Gasteiger partial charge on any atom is 0.338 e. The first-order chi connectivity index (χ1) is 12.4. The predicted molar refractivity (Wildman–Crippen MR) is 95.8 cm³/mol. The molecule has 0 radical (unpaired) electrons. The van der Waals surface area contributed by atoms with Crippen molar-refractivity contribution < 1.29 is 18.7 Å². The van der Waals surface area contributed by atoms with Gasteiger partial charge in [0.05, 0.1) is 12.2 Å². The molecule has 132 valence electrons. The number of benzene rings is 2. The number of hydrogen-bond acceptors (Lipinski definition) is 4. The van der Waals surface area contributed by atoms with Gasteiger partial charge in [0.1, 0.15) is 17.5 Å². The molecule has 5 nitrogen and oxygen atoms in total. The average Bonchev–Trinajstić information content (AvgIpc) is 2.63. The molecule has 0 aliphatic carbocycles. The fourth-order valence-electron chi connectivity index (χ4n) is 2.18. The van der Waals surface area contributed by atoms with Gasteiger partial charge in [0.2, 0.25) is 0 Å². The monoisotopic (exact) mass is 352 g/mol. The second-order valence-electron chi connectivity index (χ2n) is 5.43. The lowest BCUT2D eigenvalue weighted by atomic mass is 10.1. The van der Waals surface area contributed by atoms with Gasteiger partial charge in [0, 0.05) is 5.69 Å². The van der Waals surface area contributed by atoms with Crippen LogP contribution in [0.15, 0.2) is 48.0 Å². The van der Waals surface area contributed by atoms with Crippen molar-refractivity contribution in [1.82, 2.24) is 0 Å². The molecule has 1 N–H and O–H groups in total. The highest BCUT2D eigenvalue weighted by molar-refractivity contribution is 6.09. The first-order valence-corrected chi connectivity index (χ1v) is 7.91. The molecule has 0 fully saturated rings. The molecule has 2 aromatic rings. The zero-order valence-corrected chi connectivity index (χ0v) is 14.4. The van der Waals surface area contributed by atoms with E-state index in [1.807, 2.05) is 6.07 Å². The third-order valence-corrected chi connectivity index (χ3v) is 3.51. The van der Waals surface area contributed by atoms with E-state index in [0.717, 1.165) is 0 Å². The SMILES string of the molecule is CCOC(=O)c1ccc(NC(=O)C(C#N)=Cc2ccc(F)c(C)c2)cc1. The molecule has 0 atom stereocenters. The fourth-order valence-corrected chi connectivity index (χ4v) is 2.18. The van der Waals surface area contributed by atoms with Crippen molar-refractivity contribution in [2.45, 2.75) is 13.8 Å². The first-order valence-electron chi connectivity index (χ1n) is 7.91. The molecule has 0 unspecified atom stereocenters. The molecule has 0 heterocycles. The number of carbonyl (C=O) groups is 2. The summed E-state index contributed by atoms with van der Waals surface area (Å²) in [6, 6.07) is 12.3. The standard InChI is InChI=1S/C20H17FN2O3/c1-3-26-20(25)15-5-7-17(8-6-15)23-19(24)16(12-22)11-14-4-9-18(21)13(2)10-14/h4-11H,3H2,1-2H3,(H,23,24). The van der Waals surface area contributed by atoms with Crippen LogP contribution in [0.3, 0.4) is 0 Å². The van der Waals surface area contributed by atoms with Crippen LogP contribution in [0.4, 0.5) is 10.1 Å². The van der Waals surface area contributed by atoms with Crippen LogP contribution >= 0.6 is 0 Å².